The van der Waals surface area contributed by atoms with Gasteiger partial charge in [0, 0.05) is 5.56 Å². The van der Waals surface area contributed by atoms with Gasteiger partial charge in [-0.05, 0) is 10.8 Å². The molecule has 3 N–H and O–H groups in total. The molecule has 0 atom stereocenters. The van der Waals surface area contributed by atoms with Gasteiger partial charge >= 0.3 is 0 Å². The summed E-state index contributed by atoms with van der Waals surface area (Å²) >= 11 is 0. The Morgan fingerprint density at radius 2 is 1.83 bits per heavy atom. The number of aromatic nitrogens is 3. The van der Waals surface area contributed by atoms with Crippen molar-refractivity contribution in [2.45, 2.75) is 0 Å². The van der Waals surface area contributed by atoms with Crippen LogP contribution in [-0.4, -0.2) is 21.3 Å². The zero-order valence-electron chi connectivity index (χ0n) is 9.42. The highest BCUT2D eigenvalue weighted by Crippen LogP contribution is 2.28. The molecule has 0 saturated heterocycles. The van der Waals surface area contributed by atoms with Gasteiger partial charge < -0.3 is 5.73 Å². The quantitative estimate of drug-likeness (QED) is 0.712. The Balaban J connectivity index is 2.32. The van der Waals surface area contributed by atoms with E-state index in [1.807, 2.05) is 42.5 Å². The number of amides is 1. The largest absolute Gasteiger partial charge is 0.364 e. The number of aromatic amines is 1. The van der Waals surface area contributed by atoms with Gasteiger partial charge in [-0.3, -0.25) is 4.79 Å². The number of hydrogen-bond acceptors (Lipinski definition) is 3. The van der Waals surface area contributed by atoms with Crippen LogP contribution in [-0.2, 0) is 0 Å². The first-order valence-corrected chi connectivity index (χ1v) is 5.46. The van der Waals surface area contributed by atoms with E-state index in [1.165, 1.54) is 0 Å². The number of nitrogens with zero attached hydrogens (tertiary/aromatic N) is 2. The predicted octanol–water partition coefficient (Wildman–Crippen LogP) is 1.72. The highest BCUT2D eigenvalue weighted by Gasteiger charge is 2.16. The van der Waals surface area contributed by atoms with Gasteiger partial charge in [0.05, 0.1) is 0 Å². The van der Waals surface area contributed by atoms with Crippen molar-refractivity contribution in [3.63, 3.8) is 0 Å². The van der Waals surface area contributed by atoms with E-state index >= 15 is 0 Å². The van der Waals surface area contributed by atoms with Crippen molar-refractivity contribution >= 4 is 16.7 Å². The summed E-state index contributed by atoms with van der Waals surface area (Å²) in [7, 11) is 0. The lowest BCUT2D eigenvalue weighted by Crippen LogP contribution is -2.12. The van der Waals surface area contributed by atoms with Gasteiger partial charge in [0.25, 0.3) is 5.91 Å². The van der Waals surface area contributed by atoms with Crippen LogP contribution >= 0.6 is 0 Å². The zero-order valence-corrected chi connectivity index (χ0v) is 9.42. The van der Waals surface area contributed by atoms with E-state index in [0.29, 0.717) is 5.69 Å². The number of rotatable bonds is 2. The van der Waals surface area contributed by atoms with Crippen molar-refractivity contribution < 1.29 is 4.79 Å². The Kier molecular flexibility index (Phi) is 2.30. The molecule has 0 spiro atoms. The topological polar surface area (TPSA) is 84.7 Å². The summed E-state index contributed by atoms with van der Waals surface area (Å²) in [6, 6.07) is 13.7. The smallest absolute Gasteiger partial charge is 0.271 e. The van der Waals surface area contributed by atoms with Gasteiger partial charge in [0.15, 0.2) is 5.69 Å². The first-order valence-electron chi connectivity index (χ1n) is 5.46. The second-order valence-electron chi connectivity index (χ2n) is 3.91. The van der Waals surface area contributed by atoms with E-state index in [-0.39, 0.29) is 5.69 Å². The molecule has 1 aromatic heterocycles. The maximum atomic E-state index is 11.3. The third kappa shape index (κ3) is 1.53. The number of nitrogens with one attached hydrogen (secondary N) is 1. The van der Waals surface area contributed by atoms with Crippen LogP contribution in [0.1, 0.15) is 10.5 Å². The molecule has 18 heavy (non-hydrogen) atoms. The van der Waals surface area contributed by atoms with Gasteiger partial charge in [0.2, 0.25) is 0 Å². The molecule has 0 aliphatic carbocycles. The average molecular weight is 238 g/mol. The molecule has 0 unspecified atom stereocenters. The summed E-state index contributed by atoms with van der Waals surface area (Å²) in [4.78, 5) is 11.3. The SMILES string of the molecule is NC(=O)c1n[nH]nc1-c1cccc2ccccc12. The van der Waals surface area contributed by atoms with Crippen LogP contribution in [0.3, 0.4) is 0 Å². The summed E-state index contributed by atoms with van der Waals surface area (Å²) in [6.45, 7) is 0. The third-order valence-corrected chi connectivity index (χ3v) is 2.83. The first-order chi connectivity index (χ1) is 8.77. The highest BCUT2D eigenvalue weighted by atomic mass is 16.1. The maximum Gasteiger partial charge on any atom is 0.271 e. The Bertz CT molecular complexity index is 727. The van der Waals surface area contributed by atoms with Crippen LogP contribution in [0.25, 0.3) is 22.0 Å². The molecule has 0 bridgehead atoms. The van der Waals surface area contributed by atoms with Crippen molar-refractivity contribution in [3.05, 3.63) is 48.2 Å². The highest BCUT2D eigenvalue weighted by molar-refractivity contribution is 6.02. The number of benzene rings is 2. The molecule has 88 valence electrons. The first kappa shape index (κ1) is 10.5. The lowest BCUT2D eigenvalue weighted by atomic mass is 10.0. The fourth-order valence-electron chi connectivity index (χ4n) is 2.02. The van der Waals surface area contributed by atoms with Crippen molar-refractivity contribution in [2.75, 3.05) is 0 Å². The second-order valence-corrected chi connectivity index (χ2v) is 3.91. The number of fused-ring (bicyclic) bond motifs is 1. The second kappa shape index (κ2) is 3.96. The molecule has 0 aliphatic heterocycles. The number of hydrogen-bond donors (Lipinski definition) is 2. The Hall–Kier alpha value is -2.69. The summed E-state index contributed by atoms with van der Waals surface area (Å²) in [5.74, 6) is -0.591. The standard InChI is InChI=1S/C13H10N4O/c14-13(18)12-11(15-17-16-12)10-7-3-5-8-4-1-2-6-9(8)10/h1-7H,(H2,14,18)(H,15,16,17). The number of carbonyl (C=O) groups excluding carboxylic acids is 1. The molecule has 3 aromatic rings. The molecule has 3 rings (SSSR count). The predicted molar refractivity (Wildman–Crippen MR) is 67.8 cm³/mol. The molecule has 1 amide bonds. The van der Waals surface area contributed by atoms with E-state index in [4.69, 9.17) is 5.73 Å². The minimum atomic E-state index is -0.591. The van der Waals surface area contributed by atoms with Gasteiger partial charge in [0.1, 0.15) is 5.69 Å². The normalized spacial score (nSPS) is 10.7. The minimum absolute atomic E-state index is 0.159. The van der Waals surface area contributed by atoms with Gasteiger partial charge in [-0.1, -0.05) is 42.5 Å². The van der Waals surface area contributed by atoms with E-state index in [9.17, 15) is 4.79 Å². The minimum Gasteiger partial charge on any atom is -0.364 e. The summed E-state index contributed by atoms with van der Waals surface area (Å²) in [5, 5.41) is 12.3. The maximum absolute atomic E-state index is 11.3. The lowest BCUT2D eigenvalue weighted by Gasteiger charge is -2.04. The van der Waals surface area contributed by atoms with Crippen molar-refractivity contribution in [1.82, 2.24) is 15.4 Å². The summed E-state index contributed by atoms with van der Waals surface area (Å²) < 4.78 is 0. The lowest BCUT2D eigenvalue weighted by molar-refractivity contribution is 0.0996. The van der Waals surface area contributed by atoms with E-state index in [0.717, 1.165) is 16.3 Å². The van der Waals surface area contributed by atoms with Crippen molar-refractivity contribution in [2.24, 2.45) is 5.73 Å². The average Bonchev–Trinajstić information content (AvgIpc) is 2.87. The molecule has 0 aliphatic rings. The molecule has 0 radical (unpaired) electrons. The Morgan fingerprint density at radius 3 is 2.67 bits per heavy atom. The van der Waals surface area contributed by atoms with Crippen molar-refractivity contribution in [1.29, 1.82) is 0 Å². The number of primary amides is 1. The van der Waals surface area contributed by atoms with Crippen LogP contribution in [0.15, 0.2) is 42.5 Å². The Labute approximate surface area is 103 Å². The van der Waals surface area contributed by atoms with Crippen LogP contribution in [0, 0.1) is 0 Å². The number of nitrogens with two attached hydrogens (primary N) is 1. The zero-order chi connectivity index (χ0) is 12.5. The van der Waals surface area contributed by atoms with Crippen LogP contribution < -0.4 is 5.73 Å². The molecule has 5 heteroatoms. The van der Waals surface area contributed by atoms with E-state index in [1.54, 1.807) is 0 Å². The molecule has 5 nitrogen and oxygen atoms in total. The fourth-order valence-corrected chi connectivity index (χ4v) is 2.02. The van der Waals surface area contributed by atoms with Crippen LogP contribution in [0.4, 0.5) is 0 Å². The fraction of sp³-hybridized carbons (Fsp3) is 0. The summed E-state index contributed by atoms with van der Waals surface area (Å²) in [5.41, 5.74) is 6.77. The van der Waals surface area contributed by atoms with Gasteiger partial charge in [-0.25, -0.2) is 0 Å². The monoisotopic (exact) mass is 238 g/mol. The molecule has 0 saturated carbocycles. The molecule has 0 fully saturated rings. The summed E-state index contributed by atoms with van der Waals surface area (Å²) in [6.07, 6.45) is 0. The van der Waals surface area contributed by atoms with Crippen LogP contribution in [0.2, 0.25) is 0 Å². The van der Waals surface area contributed by atoms with Crippen molar-refractivity contribution in [3.8, 4) is 11.3 Å². The van der Waals surface area contributed by atoms with Crippen LogP contribution in [0.5, 0.6) is 0 Å². The third-order valence-electron chi connectivity index (χ3n) is 2.83. The van der Waals surface area contributed by atoms with Gasteiger partial charge in [-0.15, -0.1) is 0 Å². The van der Waals surface area contributed by atoms with Gasteiger partial charge in [-0.2, -0.15) is 15.4 Å². The Morgan fingerprint density at radius 1 is 1.06 bits per heavy atom. The molecular formula is C13H10N4O. The number of carbonyl (C=O) groups is 1. The molecule has 1 heterocycles. The molecular weight excluding hydrogens is 228 g/mol. The number of H-pyrrole nitrogens is 1. The molecule has 2 aromatic carbocycles. The van der Waals surface area contributed by atoms with E-state index in [2.05, 4.69) is 15.4 Å². The van der Waals surface area contributed by atoms with E-state index < -0.39 is 5.91 Å².